The number of hydrogen-bond donors (Lipinski definition) is 0. The highest BCUT2D eigenvalue weighted by Crippen LogP contribution is 2.47. The van der Waals surface area contributed by atoms with E-state index in [0.29, 0.717) is 28.2 Å². The van der Waals surface area contributed by atoms with Gasteiger partial charge in [0.1, 0.15) is 24.2 Å². The highest BCUT2D eigenvalue weighted by molar-refractivity contribution is 7.00. The number of rotatable bonds is 16. The summed E-state index contributed by atoms with van der Waals surface area (Å²) in [5.74, 6) is -3.05. The maximum absolute atomic E-state index is 14.1. The normalized spacial score (nSPS) is 20.8. The van der Waals surface area contributed by atoms with E-state index in [2.05, 4.69) is 45.0 Å². The molecule has 0 aliphatic carbocycles. The van der Waals surface area contributed by atoms with Crippen molar-refractivity contribution in [1.29, 1.82) is 0 Å². The van der Waals surface area contributed by atoms with Crippen LogP contribution >= 0.6 is 0 Å². The fourth-order valence-corrected chi connectivity index (χ4v) is 13.5. The summed E-state index contributed by atoms with van der Waals surface area (Å²) >= 11 is 0. The van der Waals surface area contributed by atoms with Crippen LogP contribution in [-0.2, 0) is 45.7 Å². The Kier molecular flexibility index (Phi) is 14.6. The number of esters is 3. The zero-order chi connectivity index (χ0) is 49.4. The average Bonchev–Trinajstić information content (AvgIpc) is 3.80. The quantitative estimate of drug-likeness (QED) is 0.0519. The first-order valence-corrected chi connectivity index (χ1v) is 25.3. The van der Waals surface area contributed by atoms with Crippen LogP contribution in [0.1, 0.15) is 63.0 Å². The third-order valence-electron chi connectivity index (χ3n) is 12.5. The Balaban J connectivity index is 1.11. The molecular weight excluding hydrogens is 917 g/mol. The summed E-state index contributed by atoms with van der Waals surface area (Å²) in [6.45, 7) is 6.03. The molecule has 0 bridgehead atoms. The van der Waals surface area contributed by atoms with E-state index in [9.17, 15) is 14.4 Å². The SMILES string of the molecule is COc1ccc(COC2(c3ccccc3)O[C@H]3O[C@H](COC(=O)c4ccccc4)[C@@H](OC(=O)c4ccccc4)[C@H](OC(=O)c4ccccc4)[C@H]3O2)c(O[Si](c2ccccc2)(c2ccccc2)C(C)(C)C)c1. The minimum absolute atomic E-state index is 0.134. The van der Waals surface area contributed by atoms with Crippen LogP contribution in [0.4, 0.5) is 0 Å². The van der Waals surface area contributed by atoms with E-state index >= 15 is 0 Å². The molecule has 0 amide bonds. The van der Waals surface area contributed by atoms with Gasteiger partial charge in [-0.15, -0.1) is 0 Å². The van der Waals surface area contributed by atoms with Crippen LogP contribution < -0.4 is 19.5 Å². The largest absolute Gasteiger partial charge is 0.534 e. The second-order valence-electron chi connectivity index (χ2n) is 18.1. The van der Waals surface area contributed by atoms with E-state index in [-0.39, 0.29) is 22.8 Å². The molecule has 0 N–H and O–H groups in total. The Bertz CT molecular complexity index is 2850. The Morgan fingerprint density at radius 1 is 0.577 bits per heavy atom. The van der Waals surface area contributed by atoms with Gasteiger partial charge in [-0.2, -0.15) is 0 Å². The Hall–Kier alpha value is -7.39. The Labute approximate surface area is 414 Å². The smallest absolute Gasteiger partial charge is 0.338 e. The van der Waals surface area contributed by atoms with Gasteiger partial charge in [0.05, 0.1) is 30.4 Å². The zero-order valence-electron chi connectivity index (χ0n) is 39.8. The lowest BCUT2D eigenvalue weighted by Crippen LogP contribution is -2.68. The van der Waals surface area contributed by atoms with Gasteiger partial charge >= 0.3 is 32.2 Å². The van der Waals surface area contributed by atoms with E-state index < -0.39 is 69.5 Å². The number of fused-ring (bicyclic) bond motifs is 1. The highest BCUT2D eigenvalue weighted by atomic mass is 28.4. The van der Waals surface area contributed by atoms with Crippen LogP contribution in [-0.4, -0.2) is 70.6 Å². The maximum atomic E-state index is 14.1. The lowest BCUT2D eigenvalue weighted by atomic mass is 9.98. The van der Waals surface area contributed by atoms with E-state index in [1.54, 1.807) is 110 Å². The molecule has 71 heavy (non-hydrogen) atoms. The first-order valence-electron chi connectivity index (χ1n) is 23.4. The van der Waals surface area contributed by atoms with Crippen molar-refractivity contribution in [3.8, 4) is 11.5 Å². The molecule has 7 aromatic carbocycles. The van der Waals surface area contributed by atoms with E-state index in [1.165, 1.54) is 0 Å². The van der Waals surface area contributed by atoms with E-state index in [4.69, 9.17) is 42.3 Å². The number of hydrogen-bond acceptors (Lipinski definition) is 12. The summed E-state index contributed by atoms with van der Waals surface area (Å²) in [5, 5.41) is 1.76. The lowest BCUT2D eigenvalue weighted by Gasteiger charge is -2.43. The fourth-order valence-electron chi connectivity index (χ4n) is 9.01. The van der Waals surface area contributed by atoms with Crippen LogP contribution in [0, 0.1) is 0 Å². The molecule has 0 saturated carbocycles. The molecule has 2 aliphatic heterocycles. The van der Waals surface area contributed by atoms with Crippen LogP contribution in [0.2, 0.25) is 5.04 Å². The number of methoxy groups -OCH3 is 1. The molecule has 6 atom stereocenters. The number of carbonyl (C=O) groups is 3. The predicted octanol–water partition coefficient (Wildman–Crippen LogP) is 9.41. The van der Waals surface area contributed by atoms with Crippen molar-refractivity contribution in [2.45, 2.75) is 69.1 Å². The summed E-state index contributed by atoms with van der Waals surface area (Å²) in [5.41, 5.74) is 1.83. The molecular formula is C58H54O12Si. The summed E-state index contributed by atoms with van der Waals surface area (Å²) in [6.07, 6.45) is -6.66. The summed E-state index contributed by atoms with van der Waals surface area (Å²) in [4.78, 5) is 41.6. The van der Waals surface area contributed by atoms with Gasteiger partial charge < -0.3 is 37.6 Å². The van der Waals surface area contributed by atoms with Gasteiger partial charge in [0.25, 0.3) is 0 Å². The Morgan fingerprint density at radius 2 is 1.06 bits per heavy atom. The number of benzene rings is 7. The minimum Gasteiger partial charge on any atom is -0.534 e. The van der Waals surface area contributed by atoms with Crippen molar-refractivity contribution in [3.05, 3.63) is 228 Å². The molecule has 13 heteroatoms. The van der Waals surface area contributed by atoms with Gasteiger partial charge in [-0.05, 0) is 63.9 Å². The predicted molar refractivity (Wildman–Crippen MR) is 267 cm³/mol. The molecule has 1 unspecified atom stereocenters. The van der Waals surface area contributed by atoms with Crippen molar-refractivity contribution in [2.24, 2.45) is 0 Å². The van der Waals surface area contributed by atoms with Gasteiger partial charge in [-0.25, -0.2) is 14.4 Å². The van der Waals surface area contributed by atoms with Gasteiger partial charge in [0, 0.05) is 17.2 Å². The van der Waals surface area contributed by atoms with E-state index in [1.807, 2.05) is 72.8 Å². The molecule has 2 fully saturated rings. The van der Waals surface area contributed by atoms with Crippen LogP contribution in [0.3, 0.4) is 0 Å². The standard InChI is InChI=1S/C58H54O12Si/c1-57(2,3)71(46-31-19-9-20-32-46,47-33-21-10-22-34-47)70-48-37-45(62-4)36-35-43(48)38-64-58(44-29-17-8-18-30-44)68-52-51(67-55(61)42-27-15-7-16-28-42)50(66-54(60)41-25-13-6-14-26-41)49(65-56(52)69-58)39-63-53(59)40-23-11-5-12-24-40/h5-37,49-52,56H,38-39H2,1-4H3/t49-,50-,51+,52-,56-,58?/m1/s1. The third kappa shape index (κ3) is 10.4. The number of ether oxygens (including phenoxy) is 8. The van der Waals surface area contributed by atoms with Gasteiger partial charge in [-0.3, -0.25) is 4.74 Å². The molecule has 0 radical (unpaired) electrons. The van der Waals surface area contributed by atoms with Crippen molar-refractivity contribution >= 4 is 36.6 Å². The highest BCUT2D eigenvalue weighted by Gasteiger charge is 2.62. The van der Waals surface area contributed by atoms with E-state index in [0.717, 1.165) is 10.4 Å². The summed E-state index contributed by atoms with van der Waals surface area (Å²) in [7, 11) is -1.59. The van der Waals surface area contributed by atoms with Crippen molar-refractivity contribution in [1.82, 2.24) is 0 Å². The molecule has 9 rings (SSSR count). The van der Waals surface area contributed by atoms with Crippen LogP contribution in [0.5, 0.6) is 11.5 Å². The van der Waals surface area contributed by atoms with Gasteiger partial charge in [0.2, 0.25) is 0 Å². The maximum Gasteiger partial charge on any atom is 0.338 e. The van der Waals surface area contributed by atoms with Gasteiger partial charge in [0.15, 0.2) is 24.6 Å². The Morgan fingerprint density at radius 3 is 1.56 bits per heavy atom. The van der Waals surface area contributed by atoms with Crippen molar-refractivity contribution in [3.63, 3.8) is 0 Å². The first-order chi connectivity index (χ1) is 34.5. The fraction of sp³-hybridized carbons (Fsp3) is 0.224. The molecule has 362 valence electrons. The average molecular weight is 971 g/mol. The van der Waals surface area contributed by atoms with Crippen molar-refractivity contribution < 1.29 is 56.7 Å². The van der Waals surface area contributed by atoms with Crippen LogP contribution in [0.25, 0.3) is 0 Å². The van der Waals surface area contributed by atoms with Crippen molar-refractivity contribution in [2.75, 3.05) is 13.7 Å². The van der Waals surface area contributed by atoms with Crippen LogP contribution in [0.15, 0.2) is 200 Å². The summed E-state index contributed by atoms with van der Waals surface area (Å²) in [6, 6.07) is 60.4. The molecule has 2 heterocycles. The monoisotopic (exact) mass is 970 g/mol. The zero-order valence-corrected chi connectivity index (χ0v) is 40.8. The minimum atomic E-state index is -3.19. The topological polar surface area (TPSA) is 134 Å². The molecule has 2 saturated heterocycles. The molecule has 0 aromatic heterocycles. The molecule has 7 aromatic rings. The lowest BCUT2D eigenvalue weighted by molar-refractivity contribution is -0.371. The number of carbonyl (C=O) groups excluding carboxylic acids is 3. The second-order valence-corrected chi connectivity index (χ2v) is 22.4. The van der Waals surface area contributed by atoms with Gasteiger partial charge in [-0.1, -0.05) is 166 Å². The first kappa shape index (κ1) is 48.6. The molecule has 12 nitrogen and oxygen atoms in total. The third-order valence-corrected chi connectivity index (χ3v) is 17.5. The molecule has 0 spiro atoms. The second kappa shape index (κ2) is 21.3. The molecule has 2 aliphatic rings. The summed E-state index contributed by atoms with van der Waals surface area (Å²) < 4.78 is 59.1.